The highest BCUT2D eigenvalue weighted by Crippen LogP contribution is 2.17. The predicted octanol–water partition coefficient (Wildman–Crippen LogP) is 1.04. The van der Waals surface area contributed by atoms with Crippen LogP contribution in [0.25, 0.3) is 11.0 Å². The molecule has 0 spiro atoms. The molecule has 0 saturated carbocycles. The summed E-state index contributed by atoms with van der Waals surface area (Å²) in [5.41, 5.74) is 1.85. The highest BCUT2D eigenvalue weighted by atomic mass is 16.5. The van der Waals surface area contributed by atoms with Crippen molar-refractivity contribution in [2.45, 2.75) is 13.2 Å². The molecule has 1 aliphatic heterocycles. The van der Waals surface area contributed by atoms with Gasteiger partial charge >= 0.3 is 0 Å². The molecule has 0 bridgehead atoms. The summed E-state index contributed by atoms with van der Waals surface area (Å²) in [5, 5.41) is 0. The SMILES string of the molecule is COCc1nc2ccccc2n1CC(=O)N1CCOCC1. The number of carbonyl (C=O) groups is 1. The molecule has 6 heteroatoms. The largest absolute Gasteiger partial charge is 0.378 e. The van der Waals surface area contributed by atoms with E-state index in [9.17, 15) is 4.79 Å². The summed E-state index contributed by atoms with van der Waals surface area (Å²) < 4.78 is 12.4. The van der Waals surface area contributed by atoms with Crippen LogP contribution in [-0.2, 0) is 27.4 Å². The summed E-state index contributed by atoms with van der Waals surface area (Å²) in [4.78, 5) is 18.8. The highest BCUT2D eigenvalue weighted by Gasteiger charge is 2.19. The average molecular weight is 289 g/mol. The number of aromatic nitrogens is 2. The van der Waals surface area contributed by atoms with Crippen LogP contribution in [0.2, 0.25) is 0 Å². The first-order valence-corrected chi connectivity index (χ1v) is 7.08. The summed E-state index contributed by atoms with van der Waals surface area (Å²) in [6.45, 7) is 3.23. The van der Waals surface area contributed by atoms with Gasteiger partial charge in [0.25, 0.3) is 0 Å². The van der Waals surface area contributed by atoms with E-state index >= 15 is 0 Å². The molecule has 1 fully saturated rings. The molecule has 1 aliphatic rings. The first kappa shape index (κ1) is 14.0. The summed E-state index contributed by atoms with van der Waals surface area (Å²) in [5.74, 6) is 0.874. The maximum atomic E-state index is 12.4. The normalized spacial score (nSPS) is 15.6. The molecular formula is C15H19N3O3. The number of imidazole rings is 1. The average Bonchev–Trinajstić information content (AvgIpc) is 2.86. The number of fused-ring (bicyclic) bond motifs is 1. The fraction of sp³-hybridized carbons (Fsp3) is 0.467. The fourth-order valence-corrected chi connectivity index (χ4v) is 2.59. The minimum atomic E-state index is 0.0961. The van der Waals surface area contributed by atoms with Crippen molar-refractivity contribution in [1.82, 2.24) is 14.5 Å². The Hall–Kier alpha value is -1.92. The number of benzene rings is 1. The zero-order valence-corrected chi connectivity index (χ0v) is 12.1. The second-order valence-electron chi connectivity index (χ2n) is 5.03. The van der Waals surface area contributed by atoms with Crippen LogP contribution in [0.4, 0.5) is 0 Å². The van der Waals surface area contributed by atoms with Crippen LogP contribution >= 0.6 is 0 Å². The van der Waals surface area contributed by atoms with Crippen molar-refractivity contribution >= 4 is 16.9 Å². The molecule has 21 heavy (non-hydrogen) atoms. The number of carbonyl (C=O) groups excluding carboxylic acids is 1. The smallest absolute Gasteiger partial charge is 0.242 e. The zero-order chi connectivity index (χ0) is 14.7. The third-order valence-corrected chi connectivity index (χ3v) is 3.66. The lowest BCUT2D eigenvalue weighted by atomic mass is 10.3. The van der Waals surface area contributed by atoms with Gasteiger partial charge in [-0.3, -0.25) is 4.79 Å². The molecule has 0 radical (unpaired) electrons. The molecule has 0 atom stereocenters. The van der Waals surface area contributed by atoms with Gasteiger partial charge in [-0.1, -0.05) is 12.1 Å². The van der Waals surface area contributed by atoms with Gasteiger partial charge in [0.05, 0.1) is 24.2 Å². The molecule has 0 N–H and O–H groups in total. The van der Waals surface area contributed by atoms with Crippen LogP contribution in [0.1, 0.15) is 5.82 Å². The van der Waals surface area contributed by atoms with E-state index < -0.39 is 0 Å². The standard InChI is InChI=1S/C15H19N3O3/c1-20-11-14-16-12-4-2-3-5-13(12)18(14)10-15(19)17-6-8-21-9-7-17/h2-5H,6-11H2,1H3. The van der Waals surface area contributed by atoms with E-state index in [2.05, 4.69) is 4.98 Å². The van der Waals surface area contributed by atoms with Gasteiger partial charge in [-0.2, -0.15) is 0 Å². The van der Waals surface area contributed by atoms with Crippen LogP contribution in [0.5, 0.6) is 0 Å². The van der Waals surface area contributed by atoms with Gasteiger partial charge in [-0.05, 0) is 12.1 Å². The Morgan fingerprint density at radius 1 is 1.33 bits per heavy atom. The number of amides is 1. The molecule has 112 valence electrons. The molecule has 2 aromatic rings. The number of morpholine rings is 1. The summed E-state index contributed by atoms with van der Waals surface area (Å²) in [6, 6.07) is 7.83. The van der Waals surface area contributed by atoms with E-state index in [1.54, 1.807) is 7.11 Å². The minimum Gasteiger partial charge on any atom is -0.378 e. The fourth-order valence-electron chi connectivity index (χ4n) is 2.59. The number of ether oxygens (including phenoxy) is 2. The lowest BCUT2D eigenvalue weighted by molar-refractivity contribution is -0.135. The van der Waals surface area contributed by atoms with Gasteiger partial charge in [0.15, 0.2) is 0 Å². The van der Waals surface area contributed by atoms with Crippen molar-refractivity contribution in [3.05, 3.63) is 30.1 Å². The Balaban J connectivity index is 1.87. The van der Waals surface area contributed by atoms with Crippen molar-refractivity contribution in [1.29, 1.82) is 0 Å². The van der Waals surface area contributed by atoms with Gasteiger partial charge in [0.1, 0.15) is 19.0 Å². The lowest BCUT2D eigenvalue weighted by Crippen LogP contribution is -2.42. The summed E-state index contributed by atoms with van der Waals surface area (Å²) >= 11 is 0. The molecule has 2 heterocycles. The Bertz CT molecular complexity index is 632. The second kappa shape index (κ2) is 6.24. The van der Waals surface area contributed by atoms with Crippen LogP contribution < -0.4 is 0 Å². The number of hydrogen-bond donors (Lipinski definition) is 0. The van der Waals surface area contributed by atoms with Gasteiger partial charge in [-0.15, -0.1) is 0 Å². The van der Waals surface area contributed by atoms with Gasteiger partial charge < -0.3 is 18.9 Å². The Morgan fingerprint density at radius 3 is 2.86 bits per heavy atom. The predicted molar refractivity (Wildman–Crippen MR) is 77.8 cm³/mol. The van der Waals surface area contributed by atoms with Crippen LogP contribution in [0.3, 0.4) is 0 Å². The van der Waals surface area contributed by atoms with Crippen molar-refractivity contribution in [2.24, 2.45) is 0 Å². The zero-order valence-electron chi connectivity index (χ0n) is 12.1. The number of rotatable bonds is 4. The van der Waals surface area contributed by atoms with E-state index in [-0.39, 0.29) is 5.91 Å². The van der Waals surface area contributed by atoms with Crippen molar-refractivity contribution < 1.29 is 14.3 Å². The van der Waals surface area contributed by atoms with Crippen molar-refractivity contribution in [3.63, 3.8) is 0 Å². The summed E-state index contributed by atoms with van der Waals surface area (Å²) in [7, 11) is 1.63. The van der Waals surface area contributed by atoms with Crippen LogP contribution in [0.15, 0.2) is 24.3 Å². The molecule has 1 aromatic heterocycles. The van der Waals surface area contributed by atoms with E-state index in [4.69, 9.17) is 9.47 Å². The third kappa shape index (κ3) is 2.91. The number of para-hydroxylation sites is 2. The Morgan fingerprint density at radius 2 is 2.10 bits per heavy atom. The van der Waals surface area contributed by atoms with E-state index in [0.29, 0.717) is 39.5 Å². The molecule has 0 aliphatic carbocycles. The van der Waals surface area contributed by atoms with Crippen LogP contribution in [-0.4, -0.2) is 53.8 Å². The molecule has 3 rings (SSSR count). The number of methoxy groups -OCH3 is 1. The lowest BCUT2D eigenvalue weighted by Gasteiger charge is -2.27. The summed E-state index contributed by atoms with van der Waals surface area (Å²) in [6.07, 6.45) is 0. The van der Waals surface area contributed by atoms with Gasteiger partial charge in [-0.25, -0.2) is 4.98 Å². The molecule has 0 unspecified atom stereocenters. The molecule has 6 nitrogen and oxygen atoms in total. The topological polar surface area (TPSA) is 56.6 Å². The van der Waals surface area contributed by atoms with Gasteiger partial charge in [0, 0.05) is 20.2 Å². The Labute approximate surface area is 123 Å². The van der Waals surface area contributed by atoms with Gasteiger partial charge in [0.2, 0.25) is 5.91 Å². The third-order valence-electron chi connectivity index (χ3n) is 3.66. The second-order valence-corrected chi connectivity index (χ2v) is 5.03. The number of hydrogen-bond acceptors (Lipinski definition) is 4. The van der Waals surface area contributed by atoms with E-state index in [1.165, 1.54) is 0 Å². The van der Waals surface area contributed by atoms with Crippen molar-refractivity contribution in [2.75, 3.05) is 33.4 Å². The maximum Gasteiger partial charge on any atom is 0.242 e. The molecular weight excluding hydrogens is 270 g/mol. The first-order chi connectivity index (χ1) is 10.3. The number of nitrogens with zero attached hydrogens (tertiary/aromatic N) is 3. The minimum absolute atomic E-state index is 0.0961. The van der Waals surface area contributed by atoms with Crippen molar-refractivity contribution in [3.8, 4) is 0 Å². The highest BCUT2D eigenvalue weighted by molar-refractivity contribution is 5.81. The molecule has 1 aromatic carbocycles. The Kier molecular flexibility index (Phi) is 4.17. The molecule has 1 amide bonds. The quantitative estimate of drug-likeness (QED) is 0.844. The van der Waals surface area contributed by atoms with E-state index in [1.807, 2.05) is 33.7 Å². The first-order valence-electron chi connectivity index (χ1n) is 7.08. The molecule has 1 saturated heterocycles. The monoisotopic (exact) mass is 289 g/mol. The van der Waals surface area contributed by atoms with Crippen LogP contribution in [0, 0.1) is 0 Å². The maximum absolute atomic E-state index is 12.4. The van der Waals surface area contributed by atoms with E-state index in [0.717, 1.165) is 16.9 Å².